The summed E-state index contributed by atoms with van der Waals surface area (Å²) >= 11 is 0. The van der Waals surface area contributed by atoms with Crippen molar-refractivity contribution in [2.45, 2.75) is 58.1 Å². The van der Waals surface area contributed by atoms with Gasteiger partial charge in [-0.1, -0.05) is 5.16 Å². The van der Waals surface area contributed by atoms with Gasteiger partial charge in [0.05, 0.1) is 0 Å². The zero-order valence-corrected chi connectivity index (χ0v) is 13.0. The van der Waals surface area contributed by atoms with Crippen LogP contribution < -0.4 is 0 Å². The Hall–Kier alpha value is -1.85. The first-order chi connectivity index (χ1) is 9.80. The van der Waals surface area contributed by atoms with Crippen molar-refractivity contribution in [2.75, 3.05) is 6.54 Å². The fourth-order valence-electron chi connectivity index (χ4n) is 2.47. The molecule has 2 heterocycles. The number of aldehydes is 1. The van der Waals surface area contributed by atoms with Crippen molar-refractivity contribution in [2.24, 2.45) is 0 Å². The number of amides is 1. The van der Waals surface area contributed by atoms with Crippen molar-refractivity contribution >= 4 is 12.4 Å². The number of rotatable bonds is 2. The normalized spacial score (nSPS) is 23.0. The summed E-state index contributed by atoms with van der Waals surface area (Å²) in [5, 5.41) is 3.68. The minimum Gasteiger partial charge on any atom is -0.444 e. The topological polar surface area (TPSA) is 72.6 Å². The van der Waals surface area contributed by atoms with E-state index in [1.165, 1.54) is 0 Å². The first kappa shape index (κ1) is 15.5. The first-order valence-corrected chi connectivity index (χ1v) is 7.21. The summed E-state index contributed by atoms with van der Waals surface area (Å²) in [6.45, 7) is 8.08. The predicted octanol–water partition coefficient (Wildman–Crippen LogP) is 2.99. The predicted molar refractivity (Wildman–Crippen MR) is 76.3 cm³/mol. The molecule has 1 saturated heterocycles. The number of carbonyl (C=O) groups is 2. The maximum absolute atomic E-state index is 12.3. The third-order valence-corrected chi connectivity index (χ3v) is 3.58. The van der Waals surface area contributed by atoms with Crippen LogP contribution in [0.25, 0.3) is 0 Å². The highest BCUT2D eigenvalue weighted by atomic mass is 16.6. The standard InChI is InChI=1S/C15H22N2O4/c1-10-5-6-11(13-7-12(9-18)16-21-13)8-17(10)14(19)20-15(2,3)4/h7,9-11H,5-6,8H2,1-4H3/t10-,11-/m1/s1. The van der Waals surface area contributed by atoms with Crippen molar-refractivity contribution in [3.63, 3.8) is 0 Å². The van der Waals surface area contributed by atoms with Gasteiger partial charge in [0.1, 0.15) is 17.1 Å². The molecule has 0 N–H and O–H groups in total. The average Bonchev–Trinajstić information content (AvgIpc) is 2.86. The molecule has 1 amide bonds. The first-order valence-electron chi connectivity index (χ1n) is 7.21. The van der Waals surface area contributed by atoms with E-state index in [4.69, 9.17) is 9.26 Å². The summed E-state index contributed by atoms with van der Waals surface area (Å²) < 4.78 is 10.6. The van der Waals surface area contributed by atoms with Crippen molar-refractivity contribution in [3.05, 3.63) is 17.5 Å². The number of aromatic nitrogens is 1. The highest BCUT2D eigenvalue weighted by Gasteiger charge is 2.34. The SMILES string of the molecule is C[C@@H]1CC[C@@H](c2cc(C=O)no2)CN1C(=O)OC(C)(C)C. The van der Waals surface area contributed by atoms with Crippen LogP contribution in [0.2, 0.25) is 0 Å². The van der Waals surface area contributed by atoms with Gasteiger partial charge in [-0.2, -0.15) is 0 Å². The van der Waals surface area contributed by atoms with Crippen molar-refractivity contribution < 1.29 is 18.8 Å². The lowest BCUT2D eigenvalue weighted by atomic mass is 9.91. The molecular weight excluding hydrogens is 272 g/mol. The zero-order chi connectivity index (χ0) is 15.6. The summed E-state index contributed by atoms with van der Waals surface area (Å²) in [4.78, 5) is 24.7. The Morgan fingerprint density at radius 1 is 1.48 bits per heavy atom. The van der Waals surface area contributed by atoms with Crippen LogP contribution in [0.4, 0.5) is 4.79 Å². The number of ether oxygens (including phenoxy) is 1. The van der Waals surface area contributed by atoms with Gasteiger partial charge in [-0.25, -0.2) is 4.79 Å². The van der Waals surface area contributed by atoms with Crippen molar-refractivity contribution in [1.29, 1.82) is 0 Å². The molecule has 6 heteroatoms. The van der Waals surface area contributed by atoms with Gasteiger partial charge in [-0.3, -0.25) is 4.79 Å². The van der Waals surface area contributed by atoms with Crippen LogP contribution in [0.1, 0.15) is 62.7 Å². The zero-order valence-electron chi connectivity index (χ0n) is 13.0. The van der Waals surface area contributed by atoms with Crippen LogP contribution in [0, 0.1) is 0 Å². The van der Waals surface area contributed by atoms with Gasteiger partial charge >= 0.3 is 6.09 Å². The fraction of sp³-hybridized carbons (Fsp3) is 0.667. The van der Waals surface area contributed by atoms with Crippen LogP contribution in [0.3, 0.4) is 0 Å². The third kappa shape index (κ3) is 3.83. The van der Waals surface area contributed by atoms with Gasteiger partial charge in [0, 0.05) is 24.6 Å². The van der Waals surface area contributed by atoms with Crippen molar-refractivity contribution in [3.8, 4) is 0 Å². The van der Waals surface area contributed by atoms with E-state index in [1.54, 1.807) is 11.0 Å². The van der Waals surface area contributed by atoms with Crippen LogP contribution in [0.15, 0.2) is 10.6 Å². The lowest BCUT2D eigenvalue weighted by molar-refractivity contribution is 0.00868. The molecule has 21 heavy (non-hydrogen) atoms. The van der Waals surface area contributed by atoms with Crippen LogP contribution in [-0.4, -0.2) is 40.6 Å². The number of carbonyl (C=O) groups excluding carboxylic acids is 2. The molecule has 0 bridgehead atoms. The second kappa shape index (κ2) is 5.87. The molecule has 2 atom stereocenters. The summed E-state index contributed by atoms with van der Waals surface area (Å²) in [6.07, 6.45) is 2.11. The number of hydrogen-bond acceptors (Lipinski definition) is 5. The highest BCUT2D eigenvalue weighted by molar-refractivity contribution is 5.71. The molecule has 116 valence electrons. The maximum atomic E-state index is 12.3. The van der Waals surface area contributed by atoms with E-state index in [-0.39, 0.29) is 23.7 Å². The molecule has 1 fully saturated rings. The third-order valence-electron chi connectivity index (χ3n) is 3.58. The Labute approximate surface area is 124 Å². The van der Waals surface area contributed by atoms with E-state index in [1.807, 2.05) is 27.7 Å². The smallest absolute Gasteiger partial charge is 0.410 e. The number of hydrogen-bond donors (Lipinski definition) is 0. The monoisotopic (exact) mass is 294 g/mol. The van der Waals surface area contributed by atoms with Crippen molar-refractivity contribution in [1.82, 2.24) is 10.1 Å². The molecule has 0 aliphatic carbocycles. The minimum atomic E-state index is -0.513. The fourth-order valence-corrected chi connectivity index (χ4v) is 2.47. The molecule has 1 aromatic heterocycles. The van der Waals surface area contributed by atoms with E-state index < -0.39 is 5.60 Å². The number of piperidine rings is 1. The van der Waals surface area contributed by atoms with E-state index >= 15 is 0 Å². The quantitative estimate of drug-likeness (QED) is 0.784. The molecule has 0 unspecified atom stereocenters. The molecule has 0 radical (unpaired) electrons. The summed E-state index contributed by atoms with van der Waals surface area (Å²) in [5.74, 6) is 0.701. The Morgan fingerprint density at radius 2 is 2.19 bits per heavy atom. The maximum Gasteiger partial charge on any atom is 0.410 e. The summed E-state index contributed by atoms with van der Waals surface area (Å²) in [6, 6.07) is 1.77. The number of likely N-dealkylation sites (tertiary alicyclic amines) is 1. The van der Waals surface area contributed by atoms with Crippen LogP contribution in [-0.2, 0) is 4.74 Å². The Bertz CT molecular complexity index is 518. The molecule has 1 aliphatic rings. The van der Waals surface area contributed by atoms with Gasteiger partial charge in [0.25, 0.3) is 0 Å². The molecule has 0 spiro atoms. The second-order valence-electron chi connectivity index (χ2n) is 6.53. The second-order valence-corrected chi connectivity index (χ2v) is 6.53. The molecule has 0 saturated carbocycles. The Kier molecular flexibility index (Phi) is 4.34. The minimum absolute atomic E-state index is 0.0509. The van der Waals surface area contributed by atoms with Gasteiger partial charge in [-0.15, -0.1) is 0 Å². The highest BCUT2D eigenvalue weighted by Crippen LogP contribution is 2.31. The molecule has 1 aliphatic heterocycles. The molecule has 1 aromatic rings. The Balaban J connectivity index is 2.08. The van der Waals surface area contributed by atoms with Gasteiger partial charge in [0.2, 0.25) is 0 Å². The van der Waals surface area contributed by atoms with E-state index in [0.717, 1.165) is 12.8 Å². The van der Waals surface area contributed by atoms with E-state index in [2.05, 4.69) is 5.16 Å². The van der Waals surface area contributed by atoms with E-state index in [0.29, 0.717) is 18.6 Å². The van der Waals surface area contributed by atoms with Gasteiger partial charge in [-0.05, 0) is 40.5 Å². The largest absolute Gasteiger partial charge is 0.444 e. The van der Waals surface area contributed by atoms with Crippen LogP contribution >= 0.6 is 0 Å². The number of nitrogens with zero attached hydrogens (tertiary/aromatic N) is 2. The molecule has 6 nitrogen and oxygen atoms in total. The van der Waals surface area contributed by atoms with Crippen LogP contribution in [0.5, 0.6) is 0 Å². The average molecular weight is 294 g/mol. The van der Waals surface area contributed by atoms with Gasteiger partial charge < -0.3 is 14.2 Å². The van der Waals surface area contributed by atoms with E-state index in [9.17, 15) is 9.59 Å². The lowest BCUT2D eigenvalue weighted by Gasteiger charge is -2.37. The Morgan fingerprint density at radius 3 is 2.76 bits per heavy atom. The molecular formula is C15H22N2O4. The summed E-state index contributed by atoms with van der Waals surface area (Å²) in [5.41, 5.74) is -0.229. The van der Waals surface area contributed by atoms with Gasteiger partial charge in [0.15, 0.2) is 6.29 Å². The lowest BCUT2D eigenvalue weighted by Crippen LogP contribution is -2.47. The summed E-state index contributed by atoms with van der Waals surface area (Å²) in [7, 11) is 0. The molecule has 2 rings (SSSR count). The molecule has 0 aromatic carbocycles.